The Hall–Kier alpha value is -2.51. The maximum absolute atomic E-state index is 6.46. The lowest BCUT2D eigenvalue weighted by Gasteiger charge is -2.38. The number of benzene rings is 2. The molecule has 154 valence electrons. The molecule has 5 nitrogen and oxygen atoms in total. The number of hydrogen-bond acceptors (Lipinski definition) is 6. The summed E-state index contributed by atoms with van der Waals surface area (Å²) >= 11 is 5.32. The van der Waals surface area contributed by atoms with E-state index in [-0.39, 0.29) is 12.3 Å². The summed E-state index contributed by atoms with van der Waals surface area (Å²) in [5.74, 6) is 2.31. The maximum atomic E-state index is 6.46. The van der Waals surface area contributed by atoms with Crippen LogP contribution in [0.3, 0.4) is 0 Å². The first kappa shape index (κ1) is 19.5. The van der Waals surface area contributed by atoms with Crippen molar-refractivity contribution in [3.8, 4) is 17.2 Å². The average molecular weight is 485 g/mol. The smallest absolute Gasteiger partial charge is 0.214 e. The monoisotopic (exact) mass is 484 g/mol. The van der Waals surface area contributed by atoms with Gasteiger partial charge in [-0.15, -0.1) is 11.3 Å². The highest BCUT2D eigenvalue weighted by Crippen LogP contribution is 2.49. The molecule has 0 saturated carbocycles. The van der Waals surface area contributed by atoms with Gasteiger partial charge in [0.1, 0.15) is 5.75 Å². The summed E-state index contributed by atoms with van der Waals surface area (Å²) in [5.41, 5.74) is 3.22. The summed E-state index contributed by atoms with van der Waals surface area (Å²) in [6, 6.07) is 16.4. The summed E-state index contributed by atoms with van der Waals surface area (Å²) in [6.07, 6.45) is 0.503. The van der Waals surface area contributed by atoms with Crippen LogP contribution in [0.1, 0.15) is 41.6 Å². The van der Waals surface area contributed by atoms with Crippen molar-refractivity contribution in [3.63, 3.8) is 0 Å². The minimum atomic E-state index is -0.342. The Morgan fingerprint density at radius 1 is 1.20 bits per heavy atom. The molecule has 3 heterocycles. The number of halogens is 1. The SMILES string of the molecule is CCOc1ccc([C@H]2Oc3ccc(Br)cc3[C@H]3CC(c4cccs4)=NN32)cc1OC. The zero-order valence-electron chi connectivity index (χ0n) is 16.7. The van der Waals surface area contributed by atoms with Crippen molar-refractivity contribution < 1.29 is 14.2 Å². The molecule has 1 aromatic heterocycles. The fourth-order valence-electron chi connectivity index (χ4n) is 3.98. The Kier molecular flexibility index (Phi) is 5.16. The van der Waals surface area contributed by atoms with Gasteiger partial charge in [0.05, 0.1) is 30.3 Å². The van der Waals surface area contributed by atoms with Gasteiger partial charge in [0, 0.05) is 22.0 Å². The molecule has 2 aliphatic rings. The Bertz CT molecular complexity index is 1100. The fourth-order valence-corrected chi connectivity index (χ4v) is 5.08. The highest BCUT2D eigenvalue weighted by molar-refractivity contribution is 9.10. The molecule has 0 spiro atoms. The van der Waals surface area contributed by atoms with Crippen LogP contribution in [0, 0.1) is 0 Å². The van der Waals surface area contributed by atoms with E-state index in [1.54, 1.807) is 18.4 Å². The quantitative estimate of drug-likeness (QED) is 0.434. The predicted molar refractivity (Wildman–Crippen MR) is 122 cm³/mol. The molecule has 0 bridgehead atoms. The van der Waals surface area contributed by atoms with Crippen molar-refractivity contribution in [3.05, 3.63) is 74.4 Å². The molecular weight excluding hydrogens is 464 g/mol. The topological polar surface area (TPSA) is 43.3 Å². The van der Waals surface area contributed by atoms with Gasteiger partial charge in [-0.05, 0) is 54.8 Å². The van der Waals surface area contributed by atoms with E-state index < -0.39 is 0 Å². The van der Waals surface area contributed by atoms with Gasteiger partial charge < -0.3 is 14.2 Å². The molecule has 2 aromatic carbocycles. The third-order valence-corrected chi connectivity index (χ3v) is 6.74. The first-order valence-electron chi connectivity index (χ1n) is 9.84. The molecule has 30 heavy (non-hydrogen) atoms. The van der Waals surface area contributed by atoms with E-state index in [1.165, 1.54) is 4.88 Å². The van der Waals surface area contributed by atoms with Crippen molar-refractivity contribution in [2.45, 2.75) is 25.6 Å². The molecule has 7 heteroatoms. The molecule has 0 unspecified atom stereocenters. The first-order chi connectivity index (χ1) is 14.7. The van der Waals surface area contributed by atoms with Crippen molar-refractivity contribution in [2.24, 2.45) is 5.10 Å². The first-order valence-corrected chi connectivity index (χ1v) is 11.5. The predicted octanol–water partition coefficient (Wildman–Crippen LogP) is 6.16. The number of fused-ring (bicyclic) bond motifs is 3. The average Bonchev–Trinajstić information content (AvgIpc) is 3.44. The number of nitrogens with zero attached hydrogens (tertiary/aromatic N) is 2. The maximum Gasteiger partial charge on any atom is 0.214 e. The van der Waals surface area contributed by atoms with Gasteiger partial charge in [-0.3, -0.25) is 0 Å². The van der Waals surface area contributed by atoms with Crippen molar-refractivity contribution in [2.75, 3.05) is 13.7 Å². The lowest BCUT2D eigenvalue weighted by molar-refractivity contribution is -0.0192. The van der Waals surface area contributed by atoms with Crippen LogP contribution in [0.5, 0.6) is 17.2 Å². The highest BCUT2D eigenvalue weighted by Gasteiger charge is 2.41. The van der Waals surface area contributed by atoms with E-state index in [9.17, 15) is 0 Å². The van der Waals surface area contributed by atoms with Gasteiger partial charge >= 0.3 is 0 Å². The summed E-state index contributed by atoms with van der Waals surface area (Å²) in [6.45, 7) is 2.54. The van der Waals surface area contributed by atoms with Crippen LogP contribution in [0.4, 0.5) is 0 Å². The molecule has 0 aliphatic carbocycles. The molecule has 2 atom stereocenters. The van der Waals surface area contributed by atoms with Crippen LogP contribution in [0.2, 0.25) is 0 Å². The van der Waals surface area contributed by atoms with E-state index in [2.05, 4.69) is 44.5 Å². The van der Waals surface area contributed by atoms with Crippen molar-refractivity contribution in [1.82, 2.24) is 5.01 Å². The number of ether oxygens (including phenoxy) is 3. The third-order valence-electron chi connectivity index (χ3n) is 5.33. The molecule has 2 aliphatic heterocycles. The standard InChI is InChI=1S/C23H21BrN2O3S/c1-3-28-20-8-6-14(11-21(20)27-2)23-26-18(13-17(25-26)22-5-4-10-30-22)16-12-15(24)7-9-19(16)29-23/h4-12,18,23H,3,13H2,1-2H3/t18-,23-/m1/s1. The Balaban J connectivity index is 1.58. The molecule has 0 fully saturated rings. The van der Waals surface area contributed by atoms with Crippen LogP contribution < -0.4 is 14.2 Å². The number of thiophene rings is 1. The van der Waals surface area contributed by atoms with E-state index in [1.807, 2.05) is 37.3 Å². The molecule has 0 N–H and O–H groups in total. The van der Waals surface area contributed by atoms with Gasteiger partial charge in [0.15, 0.2) is 11.5 Å². The van der Waals surface area contributed by atoms with E-state index in [0.29, 0.717) is 12.4 Å². The second kappa shape index (κ2) is 7.96. The number of methoxy groups -OCH3 is 1. The van der Waals surface area contributed by atoms with Gasteiger partial charge in [-0.2, -0.15) is 5.10 Å². The summed E-state index contributed by atoms with van der Waals surface area (Å²) in [7, 11) is 1.65. The fraction of sp³-hybridized carbons (Fsp3) is 0.261. The molecule has 0 radical (unpaired) electrons. The molecule has 0 amide bonds. The van der Waals surface area contributed by atoms with Gasteiger partial charge in [-0.25, -0.2) is 5.01 Å². The summed E-state index contributed by atoms with van der Waals surface area (Å²) in [5, 5.41) is 9.17. The third kappa shape index (κ3) is 3.36. The largest absolute Gasteiger partial charge is 0.493 e. The lowest BCUT2D eigenvalue weighted by atomic mass is 9.97. The van der Waals surface area contributed by atoms with Crippen LogP contribution in [-0.2, 0) is 0 Å². The number of hydrazone groups is 1. The second-order valence-corrected chi connectivity index (χ2v) is 8.98. The lowest BCUT2D eigenvalue weighted by Crippen LogP contribution is -2.33. The zero-order chi connectivity index (χ0) is 20.7. The number of hydrogen-bond donors (Lipinski definition) is 0. The molecule has 5 rings (SSSR count). The van der Waals surface area contributed by atoms with Gasteiger partial charge in [0.25, 0.3) is 0 Å². The van der Waals surface area contributed by atoms with Crippen molar-refractivity contribution >= 4 is 33.0 Å². The minimum absolute atomic E-state index is 0.117. The summed E-state index contributed by atoms with van der Waals surface area (Å²) in [4.78, 5) is 1.20. The Labute approximate surface area is 188 Å². The molecule has 3 aromatic rings. The van der Waals surface area contributed by atoms with Crippen LogP contribution in [0.25, 0.3) is 0 Å². The van der Waals surface area contributed by atoms with Crippen LogP contribution in [-0.4, -0.2) is 24.4 Å². The molecule has 0 saturated heterocycles. The Morgan fingerprint density at radius 2 is 2.10 bits per heavy atom. The summed E-state index contributed by atoms with van der Waals surface area (Å²) < 4.78 is 18.7. The minimum Gasteiger partial charge on any atom is -0.493 e. The van der Waals surface area contributed by atoms with Crippen LogP contribution >= 0.6 is 27.3 Å². The normalized spacial score (nSPS) is 19.6. The zero-order valence-corrected chi connectivity index (χ0v) is 19.1. The van der Waals surface area contributed by atoms with Gasteiger partial charge in [0.2, 0.25) is 6.23 Å². The van der Waals surface area contributed by atoms with Crippen LogP contribution in [0.15, 0.2) is 63.5 Å². The second-order valence-electron chi connectivity index (χ2n) is 7.12. The van der Waals surface area contributed by atoms with Crippen molar-refractivity contribution in [1.29, 1.82) is 0 Å². The Morgan fingerprint density at radius 3 is 2.87 bits per heavy atom. The van der Waals surface area contributed by atoms with Gasteiger partial charge in [-0.1, -0.05) is 22.0 Å². The highest BCUT2D eigenvalue weighted by atomic mass is 79.9. The van der Waals surface area contributed by atoms with E-state index in [0.717, 1.165) is 39.2 Å². The molecular formula is C23H21BrN2O3S. The van der Waals surface area contributed by atoms with E-state index >= 15 is 0 Å². The van der Waals surface area contributed by atoms with E-state index in [4.69, 9.17) is 19.3 Å². The number of rotatable bonds is 5.